The first-order valence-electron chi connectivity index (χ1n) is 15.7. The van der Waals surface area contributed by atoms with E-state index in [0.29, 0.717) is 16.7 Å². The minimum atomic E-state index is -2.10. The number of carbonyl (C=O) groups excluding carboxylic acids is 2. The third-order valence-electron chi connectivity index (χ3n) is 8.60. The SMILES string of the molecule is O=C(/C=C/c1ccc(O)cc1)OC[C@@]1(O)CO[C@@H](O[C@H]2[C@H](Oc3ccc([C@H]4CC(=O)c5ccc(O)cc5O4)cc3)O[C@H](CO)[C@@H](O)[C@@H]2O)[C@@H]1O. The Balaban J connectivity index is 1.10. The molecule has 0 unspecified atom stereocenters. The van der Waals surface area contributed by atoms with Crippen LogP contribution in [-0.2, 0) is 23.7 Å². The molecular formula is C35H36O15. The van der Waals surface area contributed by atoms with E-state index in [0.717, 1.165) is 6.08 Å². The maximum atomic E-state index is 12.7. The molecule has 2 saturated heterocycles. The second-order valence-corrected chi connectivity index (χ2v) is 12.2. The fourth-order valence-electron chi connectivity index (χ4n) is 5.74. The van der Waals surface area contributed by atoms with Crippen molar-refractivity contribution in [3.05, 3.63) is 89.5 Å². The fourth-order valence-corrected chi connectivity index (χ4v) is 5.74. The Morgan fingerprint density at radius 2 is 1.66 bits per heavy atom. The van der Waals surface area contributed by atoms with Gasteiger partial charge in [0.1, 0.15) is 60.1 Å². The molecule has 3 aliphatic heterocycles. The zero-order valence-electron chi connectivity index (χ0n) is 26.3. The summed E-state index contributed by atoms with van der Waals surface area (Å²) in [7, 11) is 0. The van der Waals surface area contributed by atoms with E-state index in [4.69, 9.17) is 28.4 Å². The van der Waals surface area contributed by atoms with Crippen molar-refractivity contribution in [2.45, 2.75) is 61.2 Å². The number of aliphatic hydroxyl groups excluding tert-OH is 4. The molecule has 2 fully saturated rings. The van der Waals surface area contributed by atoms with Crippen molar-refractivity contribution in [2.75, 3.05) is 19.8 Å². The Morgan fingerprint density at radius 3 is 2.38 bits per heavy atom. The zero-order valence-corrected chi connectivity index (χ0v) is 26.3. The number of ketones is 1. The van der Waals surface area contributed by atoms with Gasteiger partial charge < -0.3 is 64.2 Å². The average Bonchev–Trinajstić information content (AvgIpc) is 3.39. The number of fused-ring (bicyclic) bond motifs is 1. The second kappa shape index (κ2) is 14.7. The first-order valence-corrected chi connectivity index (χ1v) is 15.7. The van der Waals surface area contributed by atoms with Crippen LogP contribution in [0.1, 0.15) is 34.0 Å². The van der Waals surface area contributed by atoms with E-state index < -0.39 is 80.6 Å². The molecular weight excluding hydrogens is 660 g/mol. The van der Waals surface area contributed by atoms with Gasteiger partial charge in [-0.05, 0) is 53.6 Å². The van der Waals surface area contributed by atoms with Gasteiger partial charge in [-0.25, -0.2) is 4.79 Å². The average molecular weight is 697 g/mol. The second-order valence-electron chi connectivity index (χ2n) is 12.2. The van der Waals surface area contributed by atoms with Gasteiger partial charge >= 0.3 is 5.97 Å². The monoisotopic (exact) mass is 696 g/mol. The molecule has 50 heavy (non-hydrogen) atoms. The lowest BCUT2D eigenvalue weighted by molar-refractivity contribution is -0.318. The fraction of sp³-hybridized carbons (Fsp3) is 0.371. The third kappa shape index (κ3) is 7.60. The normalized spacial score (nSPS) is 30.9. The Bertz CT molecular complexity index is 1690. The number of esters is 1. The van der Waals surface area contributed by atoms with Crippen molar-refractivity contribution in [1.82, 2.24) is 0 Å². The van der Waals surface area contributed by atoms with Crippen molar-refractivity contribution < 1.29 is 73.8 Å². The molecule has 3 heterocycles. The molecule has 7 N–H and O–H groups in total. The summed E-state index contributed by atoms with van der Waals surface area (Å²) in [6, 6.07) is 16.6. The number of hydrogen-bond donors (Lipinski definition) is 7. The first-order chi connectivity index (χ1) is 23.9. The molecule has 0 spiro atoms. The standard InChI is InChI=1S/C35H36O15/c36-15-27-29(41)30(42)31(50-34-32(43)35(44,17-46-34)16-45-28(40)12-3-18-1-6-20(37)7-2-18)33(49-27)47-22-9-4-19(5-10-22)25-14-24(39)23-11-8-21(38)13-26(23)48-25/h1-13,25,27,29-34,36-38,41-44H,14-17H2/b12-3+/t25-,27-,29-,30+,31-,32+,33-,34+,35-/m1/s1. The van der Waals surface area contributed by atoms with Gasteiger partial charge in [0.25, 0.3) is 0 Å². The van der Waals surface area contributed by atoms with Crippen LogP contribution in [0.4, 0.5) is 0 Å². The molecule has 0 amide bonds. The number of ether oxygens (including phenoxy) is 6. The molecule has 0 radical (unpaired) electrons. The molecule has 0 saturated carbocycles. The lowest BCUT2D eigenvalue weighted by Gasteiger charge is -2.42. The summed E-state index contributed by atoms with van der Waals surface area (Å²) in [5, 5.41) is 72.4. The topological polar surface area (TPSA) is 231 Å². The molecule has 3 aromatic carbocycles. The Hall–Kier alpha value is -4.58. The number of phenols is 2. The van der Waals surface area contributed by atoms with Crippen LogP contribution in [0.25, 0.3) is 6.08 Å². The molecule has 3 aliphatic rings. The first kappa shape index (κ1) is 35.3. The summed E-state index contributed by atoms with van der Waals surface area (Å²) < 4.78 is 33.9. The quantitative estimate of drug-likeness (QED) is 0.114. The van der Waals surface area contributed by atoms with E-state index in [1.54, 1.807) is 24.3 Å². The lowest BCUT2D eigenvalue weighted by Crippen LogP contribution is -2.62. The molecule has 0 aliphatic carbocycles. The van der Waals surface area contributed by atoms with E-state index >= 15 is 0 Å². The maximum Gasteiger partial charge on any atom is 0.330 e. The number of rotatable bonds is 10. The third-order valence-corrected chi connectivity index (χ3v) is 8.60. The van der Waals surface area contributed by atoms with Gasteiger partial charge in [0.15, 0.2) is 23.8 Å². The highest BCUT2D eigenvalue weighted by molar-refractivity contribution is 6.00. The minimum Gasteiger partial charge on any atom is -0.508 e. The molecule has 0 bridgehead atoms. The van der Waals surface area contributed by atoms with Crippen LogP contribution < -0.4 is 9.47 Å². The van der Waals surface area contributed by atoms with E-state index in [9.17, 15) is 45.3 Å². The summed E-state index contributed by atoms with van der Waals surface area (Å²) in [6.45, 7) is -1.88. The number of phenolic OH excluding ortho intramolecular Hbond substituents is 2. The van der Waals surface area contributed by atoms with E-state index in [-0.39, 0.29) is 35.2 Å². The van der Waals surface area contributed by atoms with Crippen LogP contribution >= 0.6 is 0 Å². The number of hydrogen-bond acceptors (Lipinski definition) is 15. The van der Waals surface area contributed by atoms with Crippen LogP contribution in [0.3, 0.4) is 0 Å². The van der Waals surface area contributed by atoms with Crippen LogP contribution in [0.5, 0.6) is 23.0 Å². The minimum absolute atomic E-state index is 0.0436. The van der Waals surface area contributed by atoms with Crippen molar-refractivity contribution in [3.63, 3.8) is 0 Å². The van der Waals surface area contributed by atoms with Crippen LogP contribution in [-0.4, -0.2) is 116 Å². The summed E-state index contributed by atoms with van der Waals surface area (Å²) in [5.74, 6) is -0.515. The number of carbonyl (C=O) groups is 2. The van der Waals surface area contributed by atoms with Gasteiger partial charge in [0.2, 0.25) is 6.29 Å². The molecule has 9 atom stereocenters. The van der Waals surface area contributed by atoms with Crippen molar-refractivity contribution >= 4 is 17.8 Å². The van der Waals surface area contributed by atoms with Gasteiger partial charge in [0.05, 0.1) is 25.2 Å². The zero-order chi connectivity index (χ0) is 35.6. The predicted molar refractivity (Wildman–Crippen MR) is 169 cm³/mol. The number of Topliss-reactive ketones (excluding diaryl/α,β-unsaturated/α-hetero) is 1. The highest BCUT2D eigenvalue weighted by Crippen LogP contribution is 2.38. The van der Waals surface area contributed by atoms with Gasteiger partial charge in [-0.15, -0.1) is 0 Å². The molecule has 15 heteroatoms. The van der Waals surface area contributed by atoms with Gasteiger partial charge in [0, 0.05) is 12.1 Å². The van der Waals surface area contributed by atoms with Crippen molar-refractivity contribution in [2.24, 2.45) is 0 Å². The highest BCUT2D eigenvalue weighted by Gasteiger charge is 2.54. The summed E-state index contributed by atoms with van der Waals surface area (Å²) in [4.78, 5) is 24.9. The number of benzene rings is 3. The van der Waals surface area contributed by atoms with Gasteiger partial charge in [-0.1, -0.05) is 24.3 Å². The van der Waals surface area contributed by atoms with Crippen LogP contribution in [0.15, 0.2) is 72.8 Å². The Kier molecular flexibility index (Phi) is 10.4. The van der Waals surface area contributed by atoms with Crippen LogP contribution in [0.2, 0.25) is 0 Å². The van der Waals surface area contributed by atoms with E-state index in [2.05, 4.69) is 0 Å². The summed E-state index contributed by atoms with van der Waals surface area (Å²) in [5.41, 5.74) is -0.508. The summed E-state index contributed by atoms with van der Waals surface area (Å²) in [6.07, 6.45) is -9.03. The van der Waals surface area contributed by atoms with Crippen LogP contribution in [0, 0.1) is 0 Å². The molecule has 3 aromatic rings. The lowest BCUT2D eigenvalue weighted by atomic mass is 9.96. The maximum absolute atomic E-state index is 12.7. The molecule has 6 rings (SSSR count). The smallest absolute Gasteiger partial charge is 0.330 e. The van der Waals surface area contributed by atoms with Crippen molar-refractivity contribution in [3.8, 4) is 23.0 Å². The summed E-state index contributed by atoms with van der Waals surface area (Å²) >= 11 is 0. The largest absolute Gasteiger partial charge is 0.508 e. The molecule has 266 valence electrons. The van der Waals surface area contributed by atoms with E-state index in [1.807, 2.05) is 0 Å². The predicted octanol–water partition coefficient (Wildman–Crippen LogP) is 0.712. The van der Waals surface area contributed by atoms with Gasteiger partial charge in [-0.3, -0.25) is 4.79 Å². The van der Waals surface area contributed by atoms with Gasteiger partial charge in [-0.2, -0.15) is 0 Å². The Labute approximate surface area is 285 Å². The molecule has 15 nitrogen and oxygen atoms in total. The number of aromatic hydroxyl groups is 2. The highest BCUT2D eigenvalue weighted by atomic mass is 16.8. The molecule has 0 aromatic heterocycles. The Morgan fingerprint density at radius 1 is 0.940 bits per heavy atom. The number of aliphatic hydroxyl groups is 5. The van der Waals surface area contributed by atoms with E-state index in [1.165, 1.54) is 48.5 Å². The van der Waals surface area contributed by atoms with Crippen molar-refractivity contribution in [1.29, 1.82) is 0 Å².